The molecule has 1 saturated heterocycles. The van der Waals surface area contributed by atoms with Crippen molar-refractivity contribution in [2.24, 2.45) is 0 Å². The number of methoxy groups -OCH3 is 1. The first-order valence-electron chi connectivity index (χ1n) is 5.12. The van der Waals surface area contributed by atoms with Gasteiger partial charge in [0.15, 0.2) is 0 Å². The van der Waals surface area contributed by atoms with E-state index < -0.39 is 10.9 Å². The maximum atomic E-state index is 11.7. The number of rotatable bonds is 3. The van der Waals surface area contributed by atoms with Gasteiger partial charge in [0.2, 0.25) is 5.91 Å². The summed E-state index contributed by atoms with van der Waals surface area (Å²) in [5.41, 5.74) is 0.572. The normalized spacial score (nSPS) is 29.1. The highest BCUT2D eigenvalue weighted by molar-refractivity contribution is 6.34. The highest BCUT2D eigenvalue weighted by Gasteiger charge is 2.57. The van der Waals surface area contributed by atoms with Gasteiger partial charge in [0.05, 0.1) is 5.54 Å². The molecule has 0 spiro atoms. The lowest BCUT2D eigenvalue weighted by atomic mass is 9.79. The van der Waals surface area contributed by atoms with Crippen molar-refractivity contribution in [1.29, 1.82) is 0 Å². The summed E-state index contributed by atoms with van der Waals surface area (Å²) in [6, 6.07) is 9.78. The monoisotopic (exact) mass is 239 g/mol. The molecule has 0 aromatic heterocycles. The van der Waals surface area contributed by atoms with Gasteiger partial charge in [-0.15, -0.1) is 11.6 Å². The molecule has 16 heavy (non-hydrogen) atoms. The van der Waals surface area contributed by atoms with Crippen molar-refractivity contribution in [3.8, 4) is 0 Å². The van der Waals surface area contributed by atoms with E-state index in [4.69, 9.17) is 16.3 Å². The van der Waals surface area contributed by atoms with Gasteiger partial charge in [0.1, 0.15) is 12.1 Å². The fourth-order valence-corrected chi connectivity index (χ4v) is 2.44. The number of halogens is 1. The zero-order chi connectivity index (χ0) is 11.8. The zero-order valence-electron chi connectivity index (χ0n) is 9.31. The second-order valence-corrected chi connectivity index (χ2v) is 4.50. The van der Waals surface area contributed by atoms with E-state index in [-0.39, 0.29) is 12.6 Å². The average Bonchev–Trinajstić information content (AvgIpc) is 2.35. The fraction of sp³-hybridized carbons (Fsp3) is 0.417. The van der Waals surface area contributed by atoms with Crippen LogP contribution in [0.5, 0.6) is 0 Å². The number of carbonyl (C=O) groups excluding carboxylic acids is 1. The van der Waals surface area contributed by atoms with E-state index in [9.17, 15) is 4.79 Å². The first-order valence-corrected chi connectivity index (χ1v) is 5.56. The number of carbonyl (C=O) groups is 1. The van der Waals surface area contributed by atoms with Crippen LogP contribution in [0.3, 0.4) is 0 Å². The second kappa shape index (κ2) is 4.07. The molecule has 0 radical (unpaired) electrons. The lowest BCUT2D eigenvalue weighted by molar-refractivity contribution is -0.165. The molecule has 1 aromatic rings. The highest BCUT2D eigenvalue weighted by Crippen LogP contribution is 2.44. The smallest absolute Gasteiger partial charge is 0.246 e. The van der Waals surface area contributed by atoms with Gasteiger partial charge in [-0.1, -0.05) is 30.3 Å². The Morgan fingerprint density at radius 3 is 2.62 bits per heavy atom. The van der Waals surface area contributed by atoms with E-state index in [0.29, 0.717) is 0 Å². The number of β-lactam (4-membered cyclic amide) rings is 1. The number of likely N-dealkylation sites (tertiary alicyclic amines) is 1. The Morgan fingerprint density at radius 2 is 2.06 bits per heavy atom. The predicted molar refractivity (Wildman–Crippen MR) is 62.2 cm³/mol. The minimum Gasteiger partial charge on any atom is -0.364 e. The number of ether oxygens (including phenoxy) is 1. The average molecular weight is 240 g/mol. The van der Waals surface area contributed by atoms with Gasteiger partial charge in [-0.3, -0.25) is 4.79 Å². The van der Waals surface area contributed by atoms with Crippen LogP contribution in [0, 0.1) is 0 Å². The van der Waals surface area contributed by atoms with E-state index in [2.05, 4.69) is 0 Å². The summed E-state index contributed by atoms with van der Waals surface area (Å²) >= 11 is 6.12. The molecule has 1 heterocycles. The number of benzene rings is 1. The summed E-state index contributed by atoms with van der Waals surface area (Å²) in [6.45, 7) is 2.23. The Hall–Kier alpha value is -1.06. The molecular weight excluding hydrogens is 226 g/mol. The molecule has 2 atom stereocenters. The molecular formula is C12H14ClNO2. The van der Waals surface area contributed by atoms with E-state index >= 15 is 0 Å². The van der Waals surface area contributed by atoms with Crippen LogP contribution in [0.2, 0.25) is 0 Å². The topological polar surface area (TPSA) is 29.5 Å². The Bertz CT molecular complexity index is 395. The van der Waals surface area contributed by atoms with Crippen LogP contribution >= 0.6 is 11.6 Å². The van der Waals surface area contributed by atoms with Crippen molar-refractivity contribution < 1.29 is 9.53 Å². The first kappa shape index (κ1) is 11.4. The third-order valence-corrected chi connectivity index (χ3v) is 3.77. The van der Waals surface area contributed by atoms with Crippen molar-refractivity contribution in [2.45, 2.75) is 17.8 Å². The highest BCUT2D eigenvalue weighted by atomic mass is 35.5. The minimum absolute atomic E-state index is 0.0742. The van der Waals surface area contributed by atoms with Crippen LogP contribution in [-0.4, -0.2) is 30.0 Å². The summed E-state index contributed by atoms with van der Waals surface area (Å²) in [5, 5.41) is -0.509. The van der Waals surface area contributed by atoms with E-state index in [1.54, 1.807) is 12.0 Å². The predicted octanol–water partition coefficient (Wildman–Crippen LogP) is 1.96. The lowest BCUT2D eigenvalue weighted by Gasteiger charge is -2.53. The first-order chi connectivity index (χ1) is 7.62. The van der Waals surface area contributed by atoms with Crippen LogP contribution < -0.4 is 0 Å². The molecule has 3 nitrogen and oxygen atoms in total. The molecule has 1 aliphatic heterocycles. The van der Waals surface area contributed by atoms with E-state index in [0.717, 1.165) is 5.56 Å². The molecule has 1 aromatic carbocycles. The third kappa shape index (κ3) is 1.43. The van der Waals surface area contributed by atoms with Gasteiger partial charge < -0.3 is 9.64 Å². The molecule has 1 fully saturated rings. The van der Waals surface area contributed by atoms with Gasteiger partial charge in [-0.2, -0.15) is 0 Å². The second-order valence-electron chi connectivity index (χ2n) is 4.06. The maximum Gasteiger partial charge on any atom is 0.246 e. The molecule has 1 aliphatic rings. The molecule has 2 unspecified atom stereocenters. The standard InChI is InChI=1S/C12H14ClNO2/c1-12(9-6-4-3-5-7-9)10(13)11(15)14(12)8-16-2/h3-7,10H,8H2,1-2H3. The van der Waals surface area contributed by atoms with Crippen molar-refractivity contribution in [2.75, 3.05) is 13.8 Å². The van der Waals surface area contributed by atoms with Crippen LogP contribution in [0.1, 0.15) is 12.5 Å². The van der Waals surface area contributed by atoms with Gasteiger partial charge >= 0.3 is 0 Å². The van der Waals surface area contributed by atoms with Crippen LogP contribution in [0.25, 0.3) is 0 Å². The molecule has 0 N–H and O–H groups in total. The van der Waals surface area contributed by atoms with Crippen molar-refractivity contribution in [3.63, 3.8) is 0 Å². The maximum absolute atomic E-state index is 11.7. The molecule has 2 rings (SSSR count). The lowest BCUT2D eigenvalue weighted by Crippen LogP contribution is -2.68. The van der Waals surface area contributed by atoms with Crippen LogP contribution in [-0.2, 0) is 15.1 Å². The van der Waals surface area contributed by atoms with Gasteiger partial charge in [-0.05, 0) is 12.5 Å². The van der Waals surface area contributed by atoms with E-state index in [1.807, 2.05) is 37.3 Å². The molecule has 1 amide bonds. The van der Waals surface area contributed by atoms with E-state index in [1.165, 1.54) is 0 Å². The zero-order valence-corrected chi connectivity index (χ0v) is 10.1. The largest absolute Gasteiger partial charge is 0.364 e. The van der Waals surface area contributed by atoms with Crippen molar-refractivity contribution in [3.05, 3.63) is 35.9 Å². The molecule has 86 valence electrons. The summed E-state index contributed by atoms with van der Waals surface area (Å²) in [7, 11) is 1.57. The molecule has 0 saturated carbocycles. The summed E-state index contributed by atoms with van der Waals surface area (Å²) in [6.07, 6.45) is 0. The number of alkyl halides is 1. The van der Waals surface area contributed by atoms with Gasteiger partial charge in [-0.25, -0.2) is 0 Å². The van der Waals surface area contributed by atoms with Crippen LogP contribution in [0.15, 0.2) is 30.3 Å². The summed E-state index contributed by atoms with van der Waals surface area (Å²) in [5.74, 6) is -0.0742. The number of hydrogen-bond acceptors (Lipinski definition) is 2. The Balaban J connectivity index is 2.33. The number of nitrogens with zero attached hydrogens (tertiary/aromatic N) is 1. The summed E-state index contributed by atoms with van der Waals surface area (Å²) < 4.78 is 5.03. The molecule has 0 bridgehead atoms. The third-order valence-electron chi connectivity index (χ3n) is 3.15. The number of amides is 1. The SMILES string of the molecule is COCN1C(=O)C(Cl)C1(C)c1ccccc1. The van der Waals surface area contributed by atoms with Crippen LogP contribution in [0.4, 0.5) is 0 Å². The number of hydrogen-bond donors (Lipinski definition) is 0. The fourth-order valence-electron chi connectivity index (χ4n) is 2.08. The Labute approximate surface area is 100.0 Å². The van der Waals surface area contributed by atoms with Gasteiger partial charge in [0, 0.05) is 7.11 Å². The quantitative estimate of drug-likeness (QED) is 0.596. The summed E-state index contributed by atoms with van der Waals surface area (Å²) in [4.78, 5) is 13.3. The van der Waals surface area contributed by atoms with Crippen molar-refractivity contribution in [1.82, 2.24) is 4.90 Å². The molecule has 0 aliphatic carbocycles. The Morgan fingerprint density at radius 1 is 1.44 bits per heavy atom. The van der Waals surface area contributed by atoms with Crippen molar-refractivity contribution >= 4 is 17.5 Å². The van der Waals surface area contributed by atoms with Gasteiger partial charge in [0.25, 0.3) is 0 Å². The minimum atomic E-state index is -0.509. The molecule has 4 heteroatoms. The Kier molecular flexibility index (Phi) is 2.91.